The summed E-state index contributed by atoms with van der Waals surface area (Å²) in [6, 6.07) is 10.9. The van der Waals surface area contributed by atoms with Crippen LogP contribution in [0, 0.1) is 5.41 Å². The number of hydrogen-bond donors (Lipinski definition) is 1. The molecule has 1 spiro atoms. The average Bonchev–Trinajstić information content (AvgIpc) is 3.69. The van der Waals surface area contributed by atoms with E-state index in [1.54, 1.807) is 0 Å². The van der Waals surface area contributed by atoms with Gasteiger partial charge in [0, 0.05) is 50.8 Å². The van der Waals surface area contributed by atoms with Gasteiger partial charge in [0.15, 0.2) is 9.84 Å². The molecule has 6 rings (SSSR count). The van der Waals surface area contributed by atoms with Crippen molar-refractivity contribution in [1.29, 1.82) is 0 Å². The summed E-state index contributed by atoms with van der Waals surface area (Å²) in [5.74, 6) is 0.514. The molecule has 1 N–H and O–H groups in total. The summed E-state index contributed by atoms with van der Waals surface area (Å²) in [4.78, 5) is 28.6. The van der Waals surface area contributed by atoms with Gasteiger partial charge in [0.25, 0.3) is 0 Å². The molecule has 1 aromatic carbocycles. The molecule has 4 fully saturated rings. The zero-order valence-electron chi connectivity index (χ0n) is 21.6. The van der Waals surface area contributed by atoms with Gasteiger partial charge in [-0.15, -0.1) is 0 Å². The van der Waals surface area contributed by atoms with Crippen LogP contribution in [-0.2, 0) is 16.4 Å². The second-order valence-corrected chi connectivity index (χ2v) is 13.9. The van der Waals surface area contributed by atoms with Crippen LogP contribution in [-0.4, -0.2) is 83.8 Å². The second-order valence-electron chi connectivity index (χ2n) is 11.7. The Morgan fingerprint density at radius 2 is 1.70 bits per heavy atom. The lowest BCUT2D eigenvalue weighted by Gasteiger charge is -2.59. The fraction of sp³-hybridized carbons (Fsp3) is 0.593. The second kappa shape index (κ2) is 9.23. The lowest BCUT2D eigenvalue weighted by molar-refractivity contribution is -0.0811. The normalized spacial score (nSPS) is 26.0. The van der Waals surface area contributed by atoms with Gasteiger partial charge in [-0.2, -0.15) is 0 Å². The first kappa shape index (κ1) is 24.6. The molecule has 37 heavy (non-hydrogen) atoms. The molecule has 0 bridgehead atoms. The van der Waals surface area contributed by atoms with Gasteiger partial charge >= 0.3 is 6.03 Å². The molecular weight excluding hydrogens is 488 g/mol. The number of aromatic nitrogens is 2. The highest BCUT2D eigenvalue weighted by Gasteiger charge is 2.52. The molecule has 2 saturated heterocycles. The van der Waals surface area contributed by atoms with Crippen LogP contribution in [0.4, 0.5) is 10.7 Å². The van der Waals surface area contributed by atoms with Crippen molar-refractivity contribution < 1.29 is 13.2 Å². The number of benzene rings is 1. The topological polar surface area (TPSA) is 98.7 Å². The van der Waals surface area contributed by atoms with E-state index in [1.165, 1.54) is 18.0 Å². The molecule has 10 heteroatoms. The van der Waals surface area contributed by atoms with E-state index in [-0.39, 0.29) is 34.3 Å². The highest BCUT2D eigenvalue weighted by Crippen LogP contribution is 2.48. The summed E-state index contributed by atoms with van der Waals surface area (Å²) in [7, 11) is -3.30. The number of nitrogens with zero attached hydrogens (tertiary/aromatic N) is 5. The maximum Gasteiger partial charge on any atom is 0.317 e. The molecular formula is C27H36N6O3S. The van der Waals surface area contributed by atoms with Crippen molar-refractivity contribution in [2.75, 3.05) is 31.1 Å². The molecule has 198 valence electrons. The zero-order chi connectivity index (χ0) is 25.8. The van der Waals surface area contributed by atoms with Crippen molar-refractivity contribution in [3.8, 4) is 0 Å². The number of likely N-dealkylation sites (tertiary alicyclic amines) is 1. The molecule has 0 unspecified atom stereocenters. The Bertz CT molecular complexity index is 1240. The van der Waals surface area contributed by atoms with Crippen LogP contribution in [0.2, 0.25) is 0 Å². The number of anilines is 1. The molecule has 2 amide bonds. The quantitative estimate of drug-likeness (QED) is 0.620. The van der Waals surface area contributed by atoms with Crippen LogP contribution >= 0.6 is 0 Å². The van der Waals surface area contributed by atoms with Crippen LogP contribution in [0.5, 0.6) is 0 Å². The van der Waals surface area contributed by atoms with Crippen LogP contribution in [0.25, 0.3) is 0 Å². The molecule has 3 heterocycles. The lowest BCUT2D eigenvalue weighted by atomic mass is 9.60. The summed E-state index contributed by atoms with van der Waals surface area (Å²) in [5.41, 5.74) is 1.73. The molecule has 1 aromatic heterocycles. The fourth-order valence-electron chi connectivity index (χ4n) is 6.32. The summed E-state index contributed by atoms with van der Waals surface area (Å²) < 4.78 is 24.9. The van der Waals surface area contributed by atoms with Crippen LogP contribution in [0.3, 0.4) is 0 Å². The van der Waals surface area contributed by atoms with Gasteiger partial charge in [-0.1, -0.05) is 30.3 Å². The third-order valence-corrected chi connectivity index (χ3v) is 10.7. The highest BCUT2D eigenvalue weighted by molar-refractivity contribution is 7.92. The van der Waals surface area contributed by atoms with Gasteiger partial charge in [0.1, 0.15) is 4.90 Å². The number of piperazine rings is 1. The van der Waals surface area contributed by atoms with Gasteiger partial charge in [0.2, 0.25) is 5.95 Å². The summed E-state index contributed by atoms with van der Waals surface area (Å²) in [6.45, 7) is 8.50. The Morgan fingerprint density at radius 1 is 1.03 bits per heavy atom. The maximum atomic E-state index is 13.1. The smallest absolute Gasteiger partial charge is 0.317 e. The van der Waals surface area contributed by atoms with Crippen molar-refractivity contribution in [1.82, 2.24) is 25.1 Å². The van der Waals surface area contributed by atoms with E-state index in [0.29, 0.717) is 24.5 Å². The van der Waals surface area contributed by atoms with Gasteiger partial charge in [-0.3, -0.25) is 4.90 Å². The van der Waals surface area contributed by atoms with Crippen molar-refractivity contribution in [2.24, 2.45) is 5.41 Å². The van der Waals surface area contributed by atoms with E-state index < -0.39 is 9.84 Å². The van der Waals surface area contributed by atoms with Crippen molar-refractivity contribution in [3.63, 3.8) is 0 Å². The Balaban J connectivity index is 0.985. The maximum absolute atomic E-state index is 13.1. The van der Waals surface area contributed by atoms with Gasteiger partial charge < -0.3 is 15.1 Å². The number of rotatable bonds is 6. The largest absolute Gasteiger partial charge is 0.335 e. The Hall–Kier alpha value is -2.72. The number of carbonyl (C=O) groups excluding carboxylic acids is 1. The molecule has 2 aromatic rings. The summed E-state index contributed by atoms with van der Waals surface area (Å²) >= 11 is 0. The van der Waals surface area contributed by atoms with Crippen molar-refractivity contribution in [2.45, 2.75) is 74.3 Å². The summed E-state index contributed by atoms with van der Waals surface area (Å²) in [6.07, 6.45) is 6.41. The molecule has 0 radical (unpaired) electrons. The van der Waals surface area contributed by atoms with E-state index in [2.05, 4.69) is 62.3 Å². The van der Waals surface area contributed by atoms with E-state index in [1.807, 2.05) is 11.8 Å². The first-order chi connectivity index (χ1) is 17.7. The fourth-order valence-corrected chi connectivity index (χ4v) is 7.86. The zero-order valence-corrected chi connectivity index (χ0v) is 22.4. The van der Waals surface area contributed by atoms with Gasteiger partial charge in [-0.25, -0.2) is 23.2 Å². The third-order valence-electron chi connectivity index (χ3n) is 8.46. The third kappa shape index (κ3) is 4.81. The number of urea groups is 1. The first-order valence-corrected chi connectivity index (χ1v) is 14.9. The standard InChI is InChI=1S/C27H36N6O3S/c1-19-15-33(20(2)14-32(19)25-28-12-24(13-29-25)37(35,36)23-8-9-23)26(34)30-22-10-27(11-22)17-31(18-27)16-21-6-4-3-5-7-21/h3-7,12-13,19-20,22-23H,8-11,14-18H2,1-2H3,(H,30,34)/t19-,20+/m0/s1. The predicted octanol–water partition coefficient (Wildman–Crippen LogP) is 2.69. The van der Waals surface area contributed by atoms with E-state index in [4.69, 9.17) is 0 Å². The van der Waals surface area contributed by atoms with E-state index in [9.17, 15) is 13.2 Å². The van der Waals surface area contributed by atoms with E-state index >= 15 is 0 Å². The average molecular weight is 525 g/mol. The Morgan fingerprint density at radius 3 is 2.35 bits per heavy atom. The first-order valence-electron chi connectivity index (χ1n) is 13.4. The van der Waals surface area contributed by atoms with Crippen LogP contribution < -0.4 is 10.2 Å². The lowest BCUT2D eigenvalue weighted by Crippen LogP contribution is -2.68. The SMILES string of the molecule is C[C@@H]1CN(c2ncc(S(=O)(=O)C3CC3)cn2)[C@@H](C)CN1C(=O)NC1CC2(C1)CN(Cc1ccccc1)C2. The number of amides is 2. The predicted molar refractivity (Wildman–Crippen MR) is 141 cm³/mol. The minimum absolute atomic E-state index is 0.00566. The minimum Gasteiger partial charge on any atom is -0.335 e. The Kier molecular flexibility index (Phi) is 6.14. The molecule has 4 aliphatic rings. The van der Waals surface area contributed by atoms with Gasteiger partial charge in [0.05, 0.1) is 17.6 Å². The number of hydrogen-bond acceptors (Lipinski definition) is 7. The van der Waals surface area contributed by atoms with Crippen LogP contribution in [0.1, 0.15) is 45.1 Å². The van der Waals surface area contributed by atoms with Crippen molar-refractivity contribution in [3.05, 3.63) is 48.3 Å². The number of carbonyl (C=O) groups is 1. The van der Waals surface area contributed by atoms with Gasteiger partial charge in [-0.05, 0) is 50.5 Å². The molecule has 2 aliphatic heterocycles. The minimum atomic E-state index is -3.30. The number of nitrogens with one attached hydrogen (secondary N) is 1. The Labute approximate surface area is 219 Å². The molecule has 2 saturated carbocycles. The highest BCUT2D eigenvalue weighted by atomic mass is 32.2. The molecule has 2 aliphatic carbocycles. The molecule has 2 atom stereocenters. The summed E-state index contributed by atoms with van der Waals surface area (Å²) in [5, 5.41) is 3.00. The van der Waals surface area contributed by atoms with Crippen LogP contribution in [0.15, 0.2) is 47.6 Å². The van der Waals surface area contributed by atoms with Crippen molar-refractivity contribution >= 4 is 21.8 Å². The monoisotopic (exact) mass is 524 g/mol. The molecule has 9 nitrogen and oxygen atoms in total. The van der Waals surface area contributed by atoms with E-state index in [0.717, 1.165) is 45.3 Å². The number of sulfone groups is 1.